The number of ether oxygens (including phenoxy) is 1. The molecule has 114 valence electrons. The molecule has 1 heterocycles. The van der Waals surface area contributed by atoms with Crippen molar-refractivity contribution >= 4 is 29.2 Å². The Bertz CT molecular complexity index is 536. The number of anilines is 1. The molecule has 3 amide bonds. The van der Waals surface area contributed by atoms with Crippen molar-refractivity contribution in [3.8, 4) is 5.75 Å². The van der Waals surface area contributed by atoms with Gasteiger partial charge in [-0.1, -0.05) is 11.6 Å². The molecule has 2 rings (SSSR count). The lowest BCUT2D eigenvalue weighted by Gasteiger charge is -2.22. The third kappa shape index (κ3) is 4.26. The van der Waals surface area contributed by atoms with Gasteiger partial charge in [0.1, 0.15) is 11.8 Å². The fourth-order valence-electron chi connectivity index (χ4n) is 2.09. The van der Waals surface area contributed by atoms with Crippen LogP contribution in [0.3, 0.4) is 0 Å². The Hall–Kier alpha value is -1.95. The number of carbonyl (C=O) groups is 2. The molecule has 21 heavy (non-hydrogen) atoms. The number of rotatable bonds is 4. The number of urea groups is 1. The van der Waals surface area contributed by atoms with E-state index in [1.165, 1.54) is 0 Å². The highest BCUT2D eigenvalue weighted by atomic mass is 35.5. The van der Waals surface area contributed by atoms with Gasteiger partial charge in [0.2, 0.25) is 5.91 Å². The number of carbonyl (C=O) groups excluding carboxylic acids is 2. The molecule has 7 heteroatoms. The van der Waals surface area contributed by atoms with Crippen LogP contribution in [0, 0.1) is 0 Å². The number of hydrogen-bond donors (Lipinski definition) is 3. The highest BCUT2D eigenvalue weighted by Crippen LogP contribution is 2.27. The first-order chi connectivity index (χ1) is 10.1. The van der Waals surface area contributed by atoms with Crippen molar-refractivity contribution in [3.63, 3.8) is 0 Å². The van der Waals surface area contributed by atoms with Gasteiger partial charge < -0.3 is 20.7 Å². The van der Waals surface area contributed by atoms with Crippen LogP contribution in [0.25, 0.3) is 0 Å². The first kappa shape index (κ1) is 15.4. The maximum Gasteiger partial charge on any atom is 0.319 e. The third-order valence-electron chi connectivity index (χ3n) is 3.08. The summed E-state index contributed by atoms with van der Waals surface area (Å²) in [5, 5.41) is 8.42. The summed E-state index contributed by atoms with van der Waals surface area (Å²) in [6, 6.07) is 4.06. The number of hydrogen-bond acceptors (Lipinski definition) is 3. The number of amides is 3. The lowest BCUT2D eigenvalue weighted by atomic mass is 10.1. The molecule has 0 aromatic heterocycles. The van der Waals surface area contributed by atoms with Gasteiger partial charge in [-0.15, -0.1) is 0 Å². The van der Waals surface area contributed by atoms with E-state index >= 15 is 0 Å². The summed E-state index contributed by atoms with van der Waals surface area (Å²) in [4.78, 5) is 23.4. The zero-order valence-corrected chi connectivity index (χ0v) is 12.5. The molecule has 1 atom stereocenters. The largest absolute Gasteiger partial charge is 0.492 e. The highest BCUT2D eigenvalue weighted by molar-refractivity contribution is 6.32. The zero-order chi connectivity index (χ0) is 15.2. The van der Waals surface area contributed by atoms with E-state index in [1.807, 2.05) is 6.92 Å². The first-order valence-electron chi connectivity index (χ1n) is 6.87. The van der Waals surface area contributed by atoms with Crippen LogP contribution < -0.4 is 20.7 Å². The van der Waals surface area contributed by atoms with E-state index in [9.17, 15) is 9.59 Å². The van der Waals surface area contributed by atoms with E-state index in [0.29, 0.717) is 36.0 Å². The maximum absolute atomic E-state index is 11.9. The van der Waals surface area contributed by atoms with Gasteiger partial charge >= 0.3 is 6.03 Å². The molecule has 6 nitrogen and oxygen atoms in total. The Morgan fingerprint density at radius 2 is 2.33 bits per heavy atom. The number of halogens is 1. The van der Waals surface area contributed by atoms with E-state index < -0.39 is 12.1 Å². The van der Waals surface area contributed by atoms with Crippen LogP contribution in [-0.2, 0) is 4.79 Å². The van der Waals surface area contributed by atoms with Gasteiger partial charge in [0.05, 0.1) is 11.6 Å². The normalized spacial score (nSPS) is 17.8. The molecule has 1 aromatic rings. The van der Waals surface area contributed by atoms with Crippen LogP contribution in [0.1, 0.15) is 19.8 Å². The summed E-state index contributed by atoms with van der Waals surface area (Å²) >= 11 is 6.05. The van der Waals surface area contributed by atoms with E-state index in [1.54, 1.807) is 18.2 Å². The number of nitrogens with one attached hydrogen (secondary N) is 3. The van der Waals surface area contributed by atoms with Gasteiger partial charge in [-0.2, -0.15) is 0 Å². The maximum atomic E-state index is 11.9. The third-order valence-corrected chi connectivity index (χ3v) is 3.38. The topological polar surface area (TPSA) is 79.5 Å². The molecule has 0 bridgehead atoms. The Morgan fingerprint density at radius 3 is 3.00 bits per heavy atom. The van der Waals surface area contributed by atoms with Crippen molar-refractivity contribution in [3.05, 3.63) is 23.2 Å². The predicted octanol–water partition coefficient (Wildman–Crippen LogP) is 2.14. The molecule has 1 aliphatic rings. The molecular weight excluding hydrogens is 294 g/mol. The summed E-state index contributed by atoms with van der Waals surface area (Å²) < 4.78 is 5.32. The lowest BCUT2D eigenvalue weighted by Crippen LogP contribution is -2.51. The van der Waals surface area contributed by atoms with Gasteiger partial charge in [0.15, 0.2) is 0 Å². The van der Waals surface area contributed by atoms with Gasteiger partial charge in [-0.25, -0.2) is 4.79 Å². The Kier molecular flexibility index (Phi) is 5.27. The fraction of sp³-hybridized carbons (Fsp3) is 0.429. The zero-order valence-electron chi connectivity index (χ0n) is 11.7. The smallest absolute Gasteiger partial charge is 0.319 e. The lowest BCUT2D eigenvalue weighted by molar-refractivity contribution is -0.124. The predicted molar refractivity (Wildman–Crippen MR) is 80.8 cm³/mol. The summed E-state index contributed by atoms with van der Waals surface area (Å²) in [7, 11) is 0. The standard InChI is InChI=1S/C14H18ClN3O3/c1-2-21-12-6-5-9(8-10(12)15)17-14(20)18-11-4-3-7-16-13(11)19/h5-6,8,11H,2-4,7H2,1H3,(H,16,19)(H2,17,18,20)/t11-/m0/s1. The minimum Gasteiger partial charge on any atom is -0.492 e. The molecule has 1 aromatic carbocycles. The second kappa shape index (κ2) is 7.17. The van der Waals surface area contributed by atoms with Gasteiger partial charge in [-0.3, -0.25) is 4.79 Å². The second-order valence-corrected chi connectivity index (χ2v) is 5.07. The van der Waals surface area contributed by atoms with Gasteiger partial charge in [0, 0.05) is 12.2 Å². The van der Waals surface area contributed by atoms with Gasteiger partial charge in [-0.05, 0) is 38.0 Å². The molecule has 0 spiro atoms. The van der Waals surface area contributed by atoms with Crippen LogP contribution >= 0.6 is 11.6 Å². The number of piperidine rings is 1. The number of benzene rings is 1. The monoisotopic (exact) mass is 311 g/mol. The van der Waals surface area contributed by atoms with Crippen LogP contribution in [0.2, 0.25) is 5.02 Å². The van der Waals surface area contributed by atoms with Crippen LogP contribution in [-0.4, -0.2) is 31.1 Å². The summed E-state index contributed by atoms with van der Waals surface area (Å²) in [6.07, 6.45) is 1.49. The molecule has 0 saturated carbocycles. The molecule has 0 aliphatic carbocycles. The van der Waals surface area contributed by atoms with Crippen LogP contribution in [0.4, 0.5) is 10.5 Å². The average molecular weight is 312 g/mol. The fourth-order valence-corrected chi connectivity index (χ4v) is 2.32. The Labute approximate surface area is 128 Å². The van der Waals surface area contributed by atoms with E-state index in [2.05, 4.69) is 16.0 Å². The average Bonchev–Trinajstić information content (AvgIpc) is 2.44. The van der Waals surface area contributed by atoms with E-state index in [-0.39, 0.29) is 5.91 Å². The first-order valence-corrected chi connectivity index (χ1v) is 7.25. The molecule has 1 fully saturated rings. The van der Waals surface area contributed by atoms with Crippen molar-refractivity contribution in [2.45, 2.75) is 25.8 Å². The van der Waals surface area contributed by atoms with E-state index in [4.69, 9.17) is 16.3 Å². The molecule has 1 saturated heterocycles. The Morgan fingerprint density at radius 1 is 1.52 bits per heavy atom. The minimum atomic E-state index is -0.489. The molecular formula is C14H18ClN3O3. The molecule has 1 aliphatic heterocycles. The van der Waals surface area contributed by atoms with Crippen LogP contribution in [0.5, 0.6) is 5.75 Å². The quantitative estimate of drug-likeness (QED) is 0.797. The van der Waals surface area contributed by atoms with Crippen molar-refractivity contribution in [2.75, 3.05) is 18.5 Å². The minimum absolute atomic E-state index is 0.152. The summed E-state index contributed by atoms with van der Waals surface area (Å²) in [6.45, 7) is 3.04. The van der Waals surface area contributed by atoms with Gasteiger partial charge in [0.25, 0.3) is 0 Å². The molecule has 0 unspecified atom stereocenters. The van der Waals surface area contributed by atoms with Crippen molar-refractivity contribution in [2.24, 2.45) is 0 Å². The summed E-state index contributed by atoms with van der Waals surface area (Å²) in [5.74, 6) is 0.415. The highest BCUT2D eigenvalue weighted by Gasteiger charge is 2.23. The summed E-state index contributed by atoms with van der Waals surface area (Å²) in [5.41, 5.74) is 0.539. The van der Waals surface area contributed by atoms with Crippen LogP contribution in [0.15, 0.2) is 18.2 Å². The van der Waals surface area contributed by atoms with E-state index in [0.717, 1.165) is 6.42 Å². The van der Waals surface area contributed by atoms with Crippen molar-refractivity contribution in [1.29, 1.82) is 0 Å². The molecule has 0 radical (unpaired) electrons. The van der Waals surface area contributed by atoms with Crippen molar-refractivity contribution in [1.82, 2.24) is 10.6 Å². The Balaban J connectivity index is 1.93. The molecule has 3 N–H and O–H groups in total. The van der Waals surface area contributed by atoms with Crippen molar-refractivity contribution < 1.29 is 14.3 Å². The SMILES string of the molecule is CCOc1ccc(NC(=O)N[C@H]2CCCNC2=O)cc1Cl. The second-order valence-electron chi connectivity index (χ2n) is 4.66.